The molecule has 2 heterocycles. The van der Waals surface area contributed by atoms with E-state index in [2.05, 4.69) is 10.3 Å². The Morgan fingerprint density at radius 2 is 2.56 bits per heavy atom. The number of rotatable bonds is 3. The van der Waals surface area contributed by atoms with E-state index in [4.69, 9.17) is 0 Å². The number of aromatic nitrogens is 2. The number of amides is 1. The molecule has 1 fully saturated rings. The number of carbonyl (C=O) groups excluding carboxylic acids is 1. The van der Waals surface area contributed by atoms with E-state index in [1.165, 1.54) is 11.5 Å². The van der Waals surface area contributed by atoms with Gasteiger partial charge in [0.25, 0.3) is 5.91 Å². The molecule has 1 unspecified atom stereocenters. The summed E-state index contributed by atoms with van der Waals surface area (Å²) in [4.78, 5) is 15.8. The normalized spacial score (nSPS) is 20.7. The molecule has 2 rings (SSSR count). The average molecular weight is 257 g/mol. The van der Waals surface area contributed by atoms with Crippen LogP contribution < -0.4 is 5.32 Å². The molecule has 1 aromatic heterocycles. The first kappa shape index (κ1) is 11.9. The molecule has 4 nitrogen and oxygen atoms in total. The van der Waals surface area contributed by atoms with Crippen molar-refractivity contribution in [2.75, 3.05) is 23.8 Å². The molecule has 16 heavy (non-hydrogen) atoms. The van der Waals surface area contributed by atoms with Crippen molar-refractivity contribution in [1.82, 2.24) is 14.9 Å². The summed E-state index contributed by atoms with van der Waals surface area (Å²) in [6.07, 6.45) is 3.42. The van der Waals surface area contributed by atoms with Crippen LogP contribution in [0.3, 0.4) is 0 Å². The van der Waals surface area contributed by atoms with Gasteiger partial charge >= 0.3 is 0 Å². The van der Waals surface area contributed by atoms with Gasteiger partial charge in [-0.15, -0.1) is 0 Å². The highest BCUT2D eigenvalue weighted by Crippen LogP contribution is 2.23. The number of nitrogens with zero attached hydrogens (tertiary/aromatic N) is 2. The van der Waals surface area contributed by atoms with E-state index in [0.717, 1.165) is 12.3 Å². The van der Waals surface area contributed by atoms with Crippen molar-refractivity contribution in [2.45, 2.75) is 5.25 Å². The molecule has 1 amide bonds. The molecule has 1 aromatic rings. The largest absolute Gasteiger partial charge is 0.348 e. The van der Waals surface area contributed by atoms with Gasteiger partial charge in [0.05, 0.1) is 0 Å². The van der Waals surface area contributed by atoms with Crippen LogP contribution in [0, 0.1) is 0 Å². The van der Waals surface area contributed by atoms with E-state index in [1.54, 1.807) is 17.0 Å². The molecule has 0 aliphatic carbocycles. The first-order valence-corrected chi connectivity index (χ1v) is 7.42. The molecule has 1 saturated heterocycles. The van der Waals surface area contributed by atoms with Gasteiger partial charge in [-0.3, -0.25) is 4.79 Å². The molecule has 1 N–H and O–H groups in total. The summed E-state index contributed by atoms with van der Waals surface area (Å²) in [6.45, 7) is 0.739. The zero-order valence-electron chi connectivity index (χ0n) is 9.18. The number of imidazole rings is 1. The Kier molecular flexibility index (Phi) is 4.17. The SMILES string of the molecule is Cn1ccnc1C(=O)NCC1CSCCS1. The molecule has 1 atom stereocenters. The van der Waals surface area contributed by atoms with Crippen molar-refractivity contribution in [1.29, 1.82) is 0 Å². The predicted molar refractivity (Wildman–Crippen MR) is 69.1 cm³/mol. The number of thioether (sulfide) groups is 2. The molecule has 88 valence electrons. The van der Waals surface area contributed by atoms with Crippen LogP contribution >= 0.6 is 23.5 Å². The Hall–Kier alpha value is -0.620. The average Bonchev–Trinajstić information content (AvgIpc) is 2.74. The van der Waals surface area contributed by atoms with Crippen LogP contribution in [0.4, 0.5) is 0 Å². The van der Waals surface area contributed by atoms with Crippen molar-refractivity contribution < 1.29 is 4.79 Å². The second-order valence-electron chi connectivity index (χ2n) is 3.64. The number of nitrogens with one attached hydrogen (secondary N) is 1. The minimum absolute atomic E-state index is 0.0799. The van der Waals surface area contributed by atoms with Crippen LogP contribution in [-0.4, -0.2) is 44.5 Å². The van der Waals surface area contributed by atoms with Gasteiger partial charge in [0.1, 0.15) is 0 Å². The van der Waals surface area contributed by atoms with E-state index in [0.29, 0.717) is 11.1 Å². The molecular weight excluding hydrogens is 242 g/mol. The van der Waals surface area contributed by atoms with Crippen LogP contribution in [0.25, 0.3) is 0 Å². The van der Waals surface area contributed by atoms with Gasteiger partial charge in [-0.2, -0.15) is 23.5 Å². The number of hydrogen-bond acceptors (Lipinski definition) is 4. The Bertz CT molecular complexity index is 361. The monoisotopic (exact) mass is 257 g/mol. The zero-order valence-corrected chi connectivity index (χ0v) is 10.8. The van der Waals surface area contributed by atoms with Gasteiger partial charge in [0.2, 0.25) is 0 Å². The smallest absolute Gasteiger partial charge is 0.287 e. The third kappa shape index (κ3) is 2.95. The maximum absolute atomic E-state index is 11.8. The Labute approximate surface area is 104 Å². The third-order valence-corrected chi connectivity index (χ3v) is 5.24. The molecular formula is C10H15N3OS2. The first-order valence-electron chi connectivity index (χ1n) is 5.22. The lowest BCUT2D eigenvalue weighted by Crippen LogP contribution is -2.34. The molecule has 0 radical (unpaired) electrons. The van der Waals surface area contributed by atoms with E-state index in [1.807, 2.05) is 30.6 Å². The fraction of sp³-hybridized carbons (Fsp3) is 0.600. The second-order valence-corrected chi connectivity index (χ2v) is 6.20. The molecule has 0 spiro atoms. The van der Waals surface area contributed by atoms with Crippen molar-refractivity contribution in [2.24, 2.45) is 7.05 Å². The van der Waals surface area contributed by atoms with Gasteiger partial charge in [-0.05, 0) is 0 Å². The highest BCUT2D eigenvalue weighted by Gasteiger charge is 2.17. The maximum Gasteiger partial charge on any atom is 0.287 e. The summed E-state index contributed by atoms with van der Waals surface area (Å²) in [5, 5.41) is 3.48. The van der Waals surface area contributed by atoms with Crippen molar-refractivity contribution in [3.8, 4) is 0 Å². The van der Waals surface area contributed by atoms with Crippen LogP contribution in [-0.2, 0) is 7.05 Å². The minimum Gasteiger partial charge on any atom is -0.348 e. The topological polar surface area (TPSA) is 46.9 Å². The van der Waals surface area contributed by atoms with Gasteiger partial charge in [0.15, 0.2) is 5.82 Å². The second kappa shape index (κ2) is 5.63. The first-order chi connectivity index (χ1) is 7.77. The molecule has 6 heteroatoms. The quantitative estimate of drug-likeness (QED) is 0.877. The molecule has 0 aromatic carbocycles. The van der Waals surface area contributed by atoms with Crippen molar-refractivity contribution in [3.63, 3.8) is 0 Å². The molecule has 0 bridgehead atoms. The number of hydrogen-bond donors (Lipinski definition) is 1. The van der Waals surface area contributed by atoms with Gasteiger partial charge in [-0.1, -0.05) is 0 Å². The van der Waals surface area contributed by atoms with E-state index < -0.39 is 0 Å². The number of aryl methyl sites for hydroxylation is 1. The molecule has 1 aliphatic rings. The fourth-order valence-corrected chi connectivity index (χ4v) is 4.14. The summed E-state index contributed by atoms with van der Waals surface area (Å²) in [5.41, 5.74) is 0. The Morgan fingerprint density at radius 1 is 1.69 bits per heavy atom. The van der Waals surface area contributed by atoms with E-state index in [9.17, 15) is 4.79 Å². The Morgan fingerprint density at radius 3 is 3.19 bits per heavy atom. The van der Waals surface area contributed by atoms with Crippen molar-refractivity contribution in [3.05, 3.63) is 18.2 Å². The lowest BCUT2D eigenvalue weighted by molar-refractivity contribution is 0.0941. The van der Waals surface area contributed by atoms with Crippen LogP contribution in [0.5, 0.6) is 0 Å². The lowest BCUT2D eigenvalue weighted by atomic mass is 10.4. The van der Waals surface area contributed by atoms with Crippen molar-refractivity contribution >= 4 is 29.4 Å². The summed E-state index contributed by atoms with van der Waals surface area (Å²) < 4.78 is 1.73. The summed E-state index contributed by atoms with van der Waals surface area (Å²) in [6, 6.07) is 0. The standard InChI is InChI=1S/C10H15N3OS2/c1-13-3-2-11-9(13)10(14)12-6-8-7-15-4-5-16-8/h2-3,8H,4-7H2,1H3,(H,12,14). The van der Waals surface area contributed by atoms with Gasteiger partial charge in [0, 0.05) is 48.5 Å². The van der Waals surface area contributed by atoms with Crippen LogP contribution in [0.15, 0.2) is 12.4 Å². The highest BCUT2D eigenvalue weighted by molar-refractivity contribution is 8.06. The third-order valence-electron chi connectivity index (χ3n) is 2.40. The fourth-order valence-electron chi connectivity index (χ4n) is 1.52. The van der Waals surface area contributed by atoms with E-state index in [-0.39, 0.29) is 5.91 Å². The lowest BCUT2D eigenvalue weighted by Gasteiger charge is -2.20. The molecule has 1 aliphatic heterocycles. The zero-order chi connectivity index (χ0) is 11.4. The van der Waals surface area contributed by atoms with Gasteiger partial charge in [-0.25, -0.2) is 4.98 Å². The highest BCUT2D eigenvalue weighted by atomic mass is 32.2. The summed E-state index contributed by atoms with van der Waals surface area (Å²) in [7, 11) is 1.83. The van der Waals surface area contributed by atoms with Crippen LogP contribution in [0.1, 0.15) is 10.6 Å². The predicted octanol–water partition coefficient (Wildman–Crippen LogP) is 0.998. The number of carbonyl (C=O) groups is 1. The minimum atomic E-state index is -0.0799. The summed E-state index contributed by atoms with van der Waals surface area (Å²) in [5.74, 6) is 3.95. The Balaban J connectivity index is 1.81. The summed E-state index contributed by atoms with van der Waals surface area (Å²) >= 11 is 3.91. The van der Waals surface area contributed by atoms with Gasteiger partial charge < -0.3 is 9.88 Å². The van der Waals surface area contributed by atoms with E-state index >= 15 is 0 Å². The van der Waals surface area contributed by atoms with Crippen LogP contribution in [0.2, 0.25) is 0 Å². The maximum atomic E-state index is 11.8. The molecule has 0 saturated carbocycles.